The average molecular weight is 372 g/mol. The average Bonchev–Trinajstić information content (AvgIpc) is 3.11. The topological polar surface area (TPSA) is 69.8 Å². The number of aromatic nitrogens is 3. The third-order valence-corrected chi connectivity index (χ3v) is 5.09. The normalized spacial score (nSPS) is 16.7. The van der Waals surface area contributed by atoms with Crippen molar-refractivity contribution < 1.29 is 0 Å². The Morgan fingerprint density at radius 1 is 1.22 bits per heavy atom. The van der Waals surface area contributed by atoms with Gasteiger partial charge in [-0.2, -0.15) is 0 Å². The van der Waals surface area contributed by atoms with Crippen LogP contribution in [0.1, 0.15) is 45.4 Å². The van der Waals surface area contributed by atoms with Crippen molar-refractivity contribution in [2.75, 3.05) is 32.7 Å². The number of likely N-dealkylation sites (tertiary alicyclic amines) is 1. The molecule has 2 aromatic heterocycles. The van der Waals surface area contributed by atoms with E-state index in [0.29, 0.717) is 12.6 Å². The van der Waals surface area contributed by atoms with Crippen LogP contribution in [0.5, 0.6) is 0 Å². The highest BCUT2D eigenvalue weighted by molar-refractivity contribution is 5.80. The van der Waals surface area contributed by atoms with E-state index in [1.165, 1.54) is 45.3 Å². The quantitative estimate of drug-likeness (QED) is 0.549. The molecule has 0 aromatic carbocycles. The molecule has 27 heavy (non-hydrogen) atoms. The van der Waals surface area contributed by atoms with Crippen LogP contribution >= 0.6 is 0 Å². The van der Waals surface area contributed by atoms with Gasteiger partial charge < -0.3 is 15.5 Å². The van der Waals surface area contributed by atoms with E-state index in [-0.39, 0.29) is 0 Å². The third kappa shape index (κ3) is 5.66. The Labute approximate surface area is 162 Å². The molecule has 7 heteroatoms. The van der Waals surface area contributed by atoms with Crippen molar-refractivity contribution in [1.29, 1.82) is 0 Å². The first-order valence-corrected chi connectivity index (χ1v) is 10.4. The molecule has 0 radical (unpaired) electrons. The first-order valence-electron chi connectivity index (χ1n) is 10.4. The minimum atomic E-state index is 0.509. The van der Waals surface area contributed by atoms with E-state index in [0.717, 1.165) is 30.4 Å². The van der Waals surface area contributed by atoms with Gasteiger partial charge >= 0.3 is 0 Å². The van der Waals surface area contributed by atoms with Crippen molar-refractivity contribution in [3.63, 3.8) is 0 Å². The predicted octanol–water partition coefficient (Wildman–Crippen LogP) is 2.09. The van der Waals surface area contributed by atoms with Crippen LogP contribution in [0.15, 0.2) is 29.4 Å². The summed E-state index contributed by atoms with van der Waals surface area (Å²) in [6.07, 6.45) is 7.73. The van der Waals surface area contributed by atoms with Crippen molar-refractivity contribution in [2.45, 2.75) is 52.0 Å². The molecule has 0 atom stereocenters. The number of hydrogen-bond donors (Lipinski definition) is 2. The minimum Gasteiger partial charge on any atom is -0.357 e. The molecule has 3 heterocycles. The van der Waals surface area contributed by atoms with Crippen molar-refractivity contribution in [3.8, 4) is 0 Å². The summed E-state index contributed by atoms with van der Waals surface area (Å²) in [5.41, 5.74) is 0.886. The van der Waals surface area contributed by atoms with Gasteiger partial charge in [0.25, 0.3) is 0 Å². The Kier molecular flexibility index (Phi) is 7.45. The molecule has 2 aromatic rings. The van der Waals surface area contributed by atoms with Gasteiger partial charge in [0, 0.05) is 44.8 Å². The molecular formula is C20H33N7. The fourth-order valence-corrected chi connectivity index (χ4v) is 3.53. The second-order valence-corrected chi connectivity index (χ2v) is 7.17. The second kappa shape index (κ2) is 10.3. The number of guanidine groups is 1. The lowest BCUT2D eigenvalue weighted by atomic mass is 10.0. The van der Waals surface area contributed by atoms with E-state index >= 15 is 0 Å². The standard InChI is InChI=1S/C20H33N7/c1-3-5-13-26-15-10-17(11-16-26)23-20(21-4-2)22-12-9-19-25-24-18-8-6-7-14-27(18)19/h6-8,14,17H,3-5,9-13,15-16H2,1-2H3,(H2,21,22,23). The molecule has 0 bridgehead atoms. The van der Waals surface area contributed by atoms with Gasteiger partial charge in [-0.25, -0.2) is 0 Å². The summed E-state index contributed by atoms with van der Waals surface area (Å²) < 4.78 is 2.03. The van der Waals surface area contributed by atoms with E-state index < -0.39 is 0 Å². The Morgan fingerprint density at radius 2 is 2.07 bits per heavy atom. The van der Waals surface area contributed by atoms with Crippen molar-refractivity contribution in [1.82, 2.24) is 30.1 Å². The van der Waals surface area contributed by atoms with Crippen LogP contribution in [-0.2, 0) is 6.42 Å². The number of piperidine rings is 1. The zero-order chi connectivity index (χ0) is 18.9. The summed E-state index contributed by atoms with van der Waals surface area (Å²) in [7, 11) is 0. The molecule has 0 unspecified atom stereocenters. The predicted molar refractivity (Wildman–Crippen MR) is 110 cm³/mol. The van der Waals surface area contributed by atoms with Crippen LogP contribution < -0.4 is 10.6 Å². The number of hydrogen-bond acceptors (Lipinski definition) is 4. The number of rotatable bonds is 8. The van der Waals surface area contributed by atoms with E-state index in [1.54, 1.807) is 0 Å². The Morgan fingerprint density at radius 3 is 2.85 bits per heavy atom. The maximum absolute atomic E-state index is 4.76. The van der Waals surface area contributed by atoms with Gasteiger partial charge in [-0.1, -0.05) is 19.4 Å². The summed E-state index contributed by atoms with van der Waals surface area (Å²) in [6, 6.07) is 6.46. The van der Waals surface area contributed by atoms with Gasteiger partial charge in [0.1, 0.15) is 5.82 Å². The van der Waals surface area contributed by atoms with Gasteiger partial charge in [0.05, 0.1) is 0 Å². The highest BCUT2D eigenvalue weighted by atomic mass is 15.2. The largest absolute Gasteiger partial charge is 0.357 e. The highest BCUT2D eigenvalue weighted by Gasteiger charge is 2.19. The monoisotopic (exact) mass is 371 g/mol. The number of pyridine rings is 1. The number of nitrogens with one attached hydrogen (secondary N) is 2. The summed E-state index contributed by atoms with van der Waals surface area (Å²) in [4.78, 5) is 7.34. The van der Waals surface area contributed by atoms with Crippen LogP contribution in [0.2, 0.25) is 0 Å². The summed E-state index contributed by atoms with van der Waals surface area (Å²) >= 11 is 0. The van der Waals surface area contributed by atoms with Crippen LogP contribution in [0.3, 0.4) is 0 Å². The maximum atomic E-state index is 4.76. The van der Waals surface area contributed by atoms with Crippen molar-refractivity contribution in [2.24, 2.45) is 4.99 Å². The Bertz CT molecular complexity index is 716. The molecule has 0 aliphatic carbocycles. The number of aliphatic imine (C=N–C) groups is 1. The molecule has 7 nitrogen and oxygen atoms in total. The lowest BCUT2D eigenvalue weighted by molar-refractivity contribution is 0.203. The fraction of sp³-hybridized carbons (Fsp3) is 0.650. The van der Waals surface area contributed by atoms with E-state index in [1.807, 2.05) is 28.8 Å². The maximum Gasteiger partial charge on any atom is 0.191 e. The first kappa shape index (κ1) is 19.6. The SMILES string of the molecule is CCCCN1CCC(NC(=NCCc2nnc3ccccn23)NCC)CC1. The summed E-state index contributed by atoms with van der Waals surface area (Å²) in [6.45, 7) is 9.54. The van der Waals surface area contributed by atoms with Crippen LogP contribution in [-0.4, -0.2) is 64.2 Å². The summed E-state index contributed by atoms with van der Waals surface area (Å²) in [5.74, 6) is 1.87. The molecule has 2 N–H and O–H groups in total. The Balaban J connectivity index is 1.49. The van der Waals surface area contributed by atoms with Gasteiger partial charge in [-0.05, 0) is 44.9 Å². The van der Waals surface area contributed by atoms with E-state index in [4.69, 9.17) is 4.99 Å². The first-order chi connectivity index (χ1) is 13.3. The lowest BCUT2D eigenvalue weighted by Crippen LogP contribution is -2.48. The van der Waals surface area contributed by atoms with Gasteiger partial charge in [0.2, 0.25) is 0 Å². The summed E-state index contributed by atoms with van der Waals surface area (Å²) in [5, 5.41) is 15.5. The lowest BCUT2D eigenvalue weighted by Gasteiger charge is -2.33. The zero-order valence-corrected chi connectivity index (χ0v) is 16.7. The third-order valence-electron chi connectivity index (χ3n) is 5.09. The zero-order valence-electron chi connectivity index (χ0n) is 16.7. The molecule has 1 fully saturated rings. The van der Waals surface area contributed by atoms with Crippen molar-refractivity contribution in [3.05, 3.63) is 30.2 Å². The molecule has 0 spiro atoms. The highest BCUT2D eigenvalue weighted by Crippen LogP contribution is 2.11. The number of fused-ring (bicyclic) bond motifs is 1. The van der Waals surface area contributed by atoms with Gasteiger partial charge in [-0.15, -0.1) is 10.2 Å². The molecular weight excluding hydrogens is 338 g/mol. The molecule has 1 aliphatic heterocycles. The van der Waals surface area contributed by atoms with Gasteiger partial charge in [-0.3, -0.25) is 9.39 Å². The Hall–Kier alpha value is -2.15. The second-order valence-electron chi connectivity index (χ2n) is 7.17. The van der Waals surface area contributed by atoms with Crippen LogP contribution in [0.25, 0.3) is 5.65 Å². The van der Waals surface area contributed by atoms with Crippen LogP contribution in [0, 0.1) is 0 Å². The van der Waals surface area contributed by atoms with E-state index in [9.17, 15) is 0 Å². The number of nitrogens with zero attached hydrogens (tertiary/aromatic N) is 5. The molecule has 148 valence electrons. The molecule has 1 aliphatic rings. The smallest absolute Gasteiger partial charge is 0.191 e. The molecule has 1 saturated heterocycles. The fourth-order valence-electron chi connectivity index (χ4n) is 3.53. The molecule has 0 saturated carbocycles. The van der Waals surface area contributed by atoms with Crippen LogP contribution in [0.4, 0.5) is 0 Å². The number of unbranched alkanes of at least 4 members (excludes halogenated alkanes) is 1. The minimum absolute atomic E-state index is 0.509. The molecule has 3 rings (SSSR count). The van der Waals surface area contributed by atoms with Gasteiger partial charge in [0.15, 0.2) is 11.6 Å². The van der Waals surface area contributed by atoms with E-state index in [2.05, 4.69) is 39.6 Å². The van der Waals surface area contributed by atoms with Crippen molar-refractivity contribution >= 4 is 11.6 Å². The molecule has 0 amide bonds.